The molecule has 0 saturated carbocycles. The molecule has 0 aliphatic carbocycles. The van der Waals surface area contributed by atoms with Crippen LogP contribution < -0.4 is 9.47 Å². The average Bonchev–Trinajstić information content (AvgIpc) is 2.87. The first-order valence-corrected chi connectivity index (χ1v) is 8.95. The Labute approximate surface area is 146 Å². The zero-order chi connectivity index (χ0) is 16.7. The van der Waals surface area contributed by atoms with E-state index in [9.17, 15) is 0 Å². The van der Waals surface area contributed by atoms with Gasteiger partial charge in [-0.25, -0.2) is 4.99 Å². The molecular formula is C18H21N3O2S. The number of aliphatic imine (C=N–C) groups is 1. The van der Waals surface area contributed by atoms with E-state index in [1.807, 2.05) is 18.2 Å². The minimum atomic E-state index is 0.701. The number of fused-ring (bicyclic) bond motifs is 2. The molecule has 0 spiro atoms. The summed E-state index contributed by atoms with van der Waals surface area (Å²) >= 11 is 1.66. The average molecular weight is 343 g/mol. The fourth-order valence-corrected chi connectivity index (χ4v) is 3.96. The molecule has 1 aromatic carbocycles. The second kappa shape index (κ2) is 6.11. The highest BCUT2D eigenvalue weighted by Crippen LogP contribution is 2.46. The van der Waals surface area contributed by atoms with Crippen LogP contribution in [0.3, 0.4) is 0 Å². The van der Waals surface area contributed by atoms with Gasteiger partial charge in [0.25, 0.3) is 0 Å². The number of piperazine rings is 1. The van der Waals surface area contributed by atoms with Crippen molar-refractivity contribution >= 4 is 22.9 Å². The molecule has 0 unspecified atom stereocenters. The van der Waals surface area contributed by atoms with Crippen molar-refractivity contribution < 1.29 is 9.47 Å². The van der Waals surface area contributed by atoms with Crippen LogP contribution in [0.15, 0.2) is 29.3 Å². The minimum absolute atomic E-state index is 0.701. The first-order chi connectivity index (χ1) is 11.7. The molecule has 4 rings (SSSR count). The highest BCUT2D eigenvalue weighted by molar-refractivity contribution is 7.14. The number of aryl methyl sites for hydroxylation is 1. The molecule has 0 bridgehead atoms. The number of hydrogen-bond acceptors (Lipinski definition) is 6. The van der Waals surface area contributed by atoms with E-state index in [-0.39, 0.29) is 0 Å². The van der Waals surface area contributed by atoms with Crippen molar-refractivity contribution in [2.24, 2.45) is 4.99 Å². The van der Waals surface area contributed by atoms with E-state index >= 15 is 0 Å². The van der Waals surface area contributed by atoms with Gasteiger partial charge in [0.1, 0.15) is 11.5 Å². The van der Waals surface area contributed by atoms with Gasteiger partial charge in [-0.3, -0.25) is 0 Å². The summed E-state index contributed by atoms with van der Waals surface area (Å²) in [4.78, 5) is 10.9. The van der Waals surface area contributed by atoms with Crippen molar-refractivity contribution in [3.05, 3.63) is 34.7 Å². The van der Waals surface area contributed by atoms with E-state index in [0.717, 1.165) is 48.3 Å². The molecule has 126 valence electrons. The normalized spacial score (nSPS) is 17.5. The van der Waals surface area contributed by atoms with Crippen LogP contribution in [-0.4, -0.2) is 56.0 Å². The van der Waals surface area contributed by atoms with Crippen LogP contribution in [0.2, 0.25) is 0 Å². The summed E-state index contributed by atoms with van der Waals surface area (Å²) in [6.45, 7) is 6.14. The number of nitrogens with zero attached hydrogens (tertiary/aromatic N) is 3. The fraction of sp³-hybridized carbons (Fsp3) is 0.389. The first-order valence-electron chi connectivity index (χ1n) is 8.13. The van der Waals surface area contributed by atoms with Crippen LogP contribution in [0.25, 0.3) is 0 Å². The maximum Gasteiger partial charge on any atom is 0.196 e. The van der Waals surface area contributed by atoms with Crippen LogP contribution in [0.4, 0.5) is 5.69 Å². The van der Waals surface area contributed by atoms with Gasteiger partial charge < -0.3 is 19.3 Å². The number of rotatable bonds is 1. The smallest absolute Gasteiger partial charge is 0.196 e. The molecule has 3 heterocycles. The maximum atomic E-state index is 6.23. The monoisotopic (exact) mass is 343 g/mol. The van der Waals surface area contributed by atoms with Crippen molar-refractivity contribution in [1.82, 2.24) is 9.80 Å². The molecule has 2 aliphatic heterocycles. The summed E-state index contributed by atoms with van der Waals surface area (Å²) < 4.78 is 11.7. The summed E-state index contributed by atoms with van der Waals surface area (Å²) in [7, 11) is 3.82. The van der Waals surface area contributed by atoms with E-state index in [1.165, 1.54) is 4.88 Å². The highest BCUT2D eigenvalue weighted by atomic mass is 32.1. The number of benzene rings is 1. The molecular weight excluding hydrogens is 322 g/mol. The second-order valence-corrected chi connectivity index (χ2v) is 7.41. The van der Waals surface area contributed by atoms with Crippen LogP contribution in [0.5, 0.6) is 16.6 Å². The Balaban J connectivity index is 1.84. The van der Waals surface area contributed by atoms with Gasteiger partial charge in [0.05, 0.1) is 12.7 Å². The lowest BCUT2D eigenvalue weighted by molar-refractivity contribution is 0.216. The number of para-hydroxylation sites is 1. The van der Waals surface area contributed by atoms with Gasteiger partial charge >= 0.3 is 0 Å². The van der Waals surface area contributed by atoms with Crippen molar-refractivity contribution in [2.45, 2.75) is 6.92 Å². The standard InChI is InChI=1S/C18H21N3O2S/c1-12-11-13-17(21-9-7-20(2)8-10-21)19-14-5-4-6-15(22-3)16(14)23-18(13)24-12/h4-6,11H,7-10H2,1-3H3. The third-order valence-electron chi connectivity index (χ3n) is 4.46. The quantitative estimate of drug-likeness (QED) is 0.794. The first kappa shape index (κ1) is 15.5. The summed E-state index contributed by atoms with van der Waals surface area (Å²) in [6, 6.07) is 8.03. The lowest BCUT2D eigenvalue weighted by Crippen LogP contribution is -2.47. The van der Waals surface area contributed by atoms with Gasteiger partial charge in [-0.1, -0.05) is 6.07 Å². The van der Waals surface area contributed by atoms with E-state index in [2.05, 4.69) is 29.8 Å². The Morgan fingerprint density at radius 2 is 2.00 bits per heavy atom. The van der Waals surface area contributed by atoms with Gasteiger partial charge in [0.15, 0.2) is 16.6 Å². The van der Waals surface area contributed by atoms with E-state index < -0.39 is 0 Å². The molecule has 1 aromatic heterocycles. The fourth-order valence-electron chi connectivity index (χ4n) is 3.11. The Morgan fingerprint density at radius 1 is 1.21 bits per heavy atom. The molecule has 2 aromatic rings. The Kier molecular flexibility index (Phi) is 3.94. The van der Waals surface area contributed by atoms with Crippen molar-refractivity contribution in [3.8, 4) is 16.6 Å². The molecule has 1 saturated heterocycles. The maximum absolute atomic E-state index is 6.23. The topological polar surface area (TPSA) is 37.3 Å². The minimum Gasteiger partial charge on any atom is -0.493 e. The second-order valence-electron chi connectivity index (χ2n) is 6.19. The van der Waals surface area contributed by atoms with Gasteiger partial charge in [-0.2, -0.15) is 0 Å². The lowest BCUT2D eigenvalue weighted by atomic mass is 10.2. The van der Waals surface area contributed by atoms with Crippen molar-refractivity contribution in [3.63, 3.8) is 0 Å². The van der Waals surface area contributed by atoms with Gasteiger partial charge in [0.2, 0.25) is 0 Å². The van der Waals surface area contributed by atoms with Crippen molar-refractivity contribution in [1.29, 1.82) is 0 Å². The van der Waals surface area contributed by atoms with Crippen LogP contribution >= 0.6 is 11.3 Å². The summed E-state index contributed by atoms with van der Waals surface area (Å²) in [6.07, 6.45) is 0. The number of thiophene rings is 1. The summed E-state index contributed by atoms with van der Waals surface area (Å²) in [5, 5.41) is 0.897. The van der Waals surface area contributed by atoms with Crippen LogP contribution in [0, 0.1) is 6.92 Å². The molecule has 2 aliphatic rings. The number of ether oxygens (including phenoxy) is 2. The largest absolute Gasteiger partial charge is 0.493 e. The Morgan fingerprint density at radius 3 is 2.75 bits per heavy atom. The van der Waals surface area contributed by atoms with Crippen molar-refractivity contribution in [2.75, 3.05) is 40.3 Å². The molecule has 0 N–H and O–H groups in total. The number of methoxy groups -OCH3 is 1. The number of hydrogen-bond donors (Lipinski definition) is 0. The van der Waals surface area contributed by atoms with Gasteiger partial charge in [-0.05, 0) is 32.2 Å². The Bertz CT molecular complexity index is 792. The van der Waals surface area contributed by atoms with E-state index in [4.69, 9.17) is 14.5 Å². The van der Waals surface area contributed by atoms with Crippen LogP contribution in [0.1, 0.15) is 10.4 Å². The highest BCUT2D eigenvalue weighted by Gasteiger charge is 2.27. The molecule has 1 fully saturated rings. The van der Waals surface area contributed by atoms with Gasteiger partial charge in [-0.15, -0.1) is 11.3 Å². The zero-order valence-corrected chi connectivity index (χ0v) is 15.0. The molecule has 0 amide bonds. The lowest BCUT2D eigenvalue weighted by Gasteiger charge is -2.34. The Hall–Kier alpha value is -2.05. The van der Waals surface area contributed by atoms with E-state index in [1.54, 1.807) is 18.4 Å². The molecule has 6 heteroatoms. The molecule has 0 atom stereocenters. The summed E-state index contributed by atoms with van der Waals surface area (Å²) in [5.74, 6) is 2.43. The molecule has 5 nitrogen and oxygen atoms in total. The van der Waals surface area contributed by atoms with Crippen LogP contribution in [-0.2, 0) is 0 Å². The van der Waals surface area contributed by atoms with E-state index in [0.29, 0.717) is 11.5 Å². The number of likely N-dealkylation sites (N-methyl/N-ethyl adjacent to an activating group) is 1. The zero-order valence-electron chi connectivity index (χ0n) is 14.2. The molecule has 0 radical (unpaired) electrons. The SMILES string of the molecule is COc1cccc2c1Oc1sc(C)cc1C(N1CCN(C)CC1)=N2. The third kappa shape index (κ3) is 2.65. The predicted octanol–water partition coefficient (Wildman–Crippen LogP) is 3.50. The number of amidine groups is 1. The van der Waals surface area contributed by atoms with Gasteiger partial charge in [0, 0.05) is 31.1 Å². The predicted molar refractivity (Wildman–Crippen MR) is 97.4 cm³/mol. The summed E-state index contributed by atoms with van der Waals surface area (Å²) in [5.41, 5.74) is 1.91. The molecule has 24 heavy (non-hydrogen) atoms. The third-order valence-corrected chi connectivity index (χ3v) is 5.39.